The molecule has 2 aromatic rings. The fraction of sp³-hybridized carbons (Fsp3) is 0.211. The van der Waals surface area contributed by atoms with Gasteiger partial charge in [0.1, 0.15) is 11.8 Å². The zero-order valence-electron chi connectivity index (χ0n) is 14.6. The number of hydrogen-bond acceptors (Lipinski definition) is 5. The molecule has 2 aromatic carbocycles. The average Bonchev–Trinajstić information content (AvgIpc) is 2.95. The van der Waals surface area contributed by atoms with Gasteiger partial charge in [0, 0.05) is 9.13 Å². The minimum atomic E-state index is -0.808. The fourth-order valence-corrected chi connectivity index (χ4v) is 3.06. The summed E-state index contributed by atoms with van der Waals surface area (Å²) in [5, 5.41) is 0. The second-order valence-corrected chi connectivity index (χ2v) is 7.10. The predicted molar refractivity (Wildman–Crippen MR) is 108 cm³/mol. The van der Waals surface area contributed by atoms with Crippen LogP contribution >= 0.6 is 22.6 Å². The number of nitrogens with one attached hydrogen (secondary N) is 2. The zero-order chi connectivity index (χ0) is 19.4. The molecule has 1 fully saturated rings. The van der Waals surface area contributed by atoms with Crippen LogP contribution in [-0.4, -0.2) is 30.4 Å². The first-order valence-corrected chi connectivity index (χ1v) is 9.48. The van der Waals surface area contributed by atoms with Gasteiger partial charge in [-0.3, -0.25) is 19.8 Å². The summed E-state index contributed by atoms with van der Waals surface area (Å²) >= 11 is 2.15. The first kappa shape index (κ1) is 19.3. The Kier molecular flexibility index (Phi) is 6.07. The van der Waals surface area contributed by atoms with E-state index in [9.17, 15) is 14.4 Å². The summed E-state index contributed by atoms with van der Waals surface area (Å²) in [6.07, 6.45) is -0.0288. The third kappa shape index (κ3) is 4.45. The van der Waals surface area contributed by atoms with Crippen molar-refractivity contribution in [1.29, 1.82) is 0 Å². The minimum absolute atomic E-state index is 0.0288. The molecule has 27 heavy (non-hydrogen) atoms. The van der Waals surface area contributed by atoms with Gasteiger partial charge in [0.2, 0.25) is 5.91 Å². The molecule has 0 aliphatic carbocycles. The van der Waals surface area contributed by atoms with Crippen LogP contribution in [0.25, 0.3) is 0 Å². The lowest BCUT2D eigenvalue weighted by Crippen LogP contribution is -2.48. The summed E-state index contributed by atoms with van der Waals surface area (Å²) in [6.45, 7) is 2.41. The molecule has 8 heteroatoms. The second-order valence-electron chi connectivity index (χ2n) is 5.86. The maximum absolute atomic E-state index is 12.6. The molecule has 7 nitrogen and oxygen atoms in total. The Balaban J connectivity index is 1.63. The molecule has 1 saturated heterocycles. The van der Waals surface area contributed by atoms with Gasteiger partial charge >= 0.3 is 0 Å². The van der Waals surface area contributed by atoms with Gasteiger partial charge in [-0.1, -0.05) is 0 Å². The minimum Gasteiger partial charge on any atom is -0.494 e. The second kappa shape index (κ2) is 8.49. The SMILES string of the molecule is CCOc1ccc(N2C(=O)CC(NNC(=O)c3ccc(I)cc3)C2=O)cc1. The number of amides is 3. The van der Waals surface area contributed by atoms with E-state index in [0.717, 1.165) is 8.47 Å². The van der Waals surface area contributed by atoms with Crippen LogP contribution in [0.15, 0.2) is 48.5 Å². The molecular weight excluding hydrogens is 461 g/mol. The molecule has 0 spiro atoms. The van der Waals surface area contributed by atoms with Gasteiger partial charge in [-0.05, 0) is 78.0 Å². The molecular formula is C19H18IN3O4. The molecule has 140 valence electrons. The van der Waals surface area contributed by atoms with E-state index >= 15 is 0 Å². The van der Waals surface area contributed by atoms with Gasteiger partial charge < -0.3 is 4.74 Å². The van der Waals surface area contributed by atoms with Crippen molar-refractivity contribution in [3.63, 3.8) is 0 Å². The highest BCUT2D eigenvalue weighted by molar-refractivity contribution is 14.1. The molecule has 2 N–H and O–H groups in total. The van der Waals surface area contributed by atoms with Crippen molar-refractivity contribution in [3.05, 3.63) is 57.7 Å². The summed E-state index contributed by atoms with van der Waals surface area (Å²) in [6, 6.07) is 12.9. The summed E-state index contributed by atoms with van der Waals surface area (Å²) in [7, 11) is 0. The van der Waals surface area contributed by atoms with E-state index in [1.807, 2.05) is 19.1 Å². The molecule has 0 bridgehead atoms. The number of hydrazine groups is 1. The molecule has 1 aliphatic heterocycles. The first-order chi connectivity index (χ1) is 13.0. The number of hydrogen-bond donors (Lipinski definition) is 2. The van der Waals surface area contributed by atoms with Crippen LogP contribution in [0.5, 0.6) is 5.75 Å². The Labute approximate surface area is 170 Å². The quantitative estimate of drug-likeness (QED) is 0.377. The molecule has 0 aromatic heterocycles. The number of anilines is 1. The Bertz CT molecular complexity index is 852. The highest BCUT2D eigenvalue weighted by atomic mass is 127. The average molecular weight is 479 g/mol. The Morgan fingerprint density at radius 3 is 2.44 bits per heavy atom. The van der Waals surface area contributed by atoms with E-state index < -0.39 is 11.9 Å². The van der Waals surface area contributed by atoms with Crippen LogP contribution in [0.2, 0.25) is 0 Å². The lowest BCUT2D eigenvalue weighted by molar-refractivity contribution is -0.121. The number of ether oxygens (including phenoxy) is 1. The lowest BCUT2D eigenvalue weighted by atomic mass is 10.2. The normalized spacial score (nSPS) is 16.5. The Morgan fingerprint density at radius 1 is 1.15 bits per heavy atom. The molecule has 1 unspecified atom stereocenters. The number of imide groups is 1. The van der Waals surface area contributed by atoms with Gasteiger partial charge in [-0.2, -0.15) is 0 Å². The Hall–Kier alpha value is -2.46. The van der Waals surface area contributed by atoms with Crippen molar-refractivity contribution < 1.29 is 19.1 Å². The highest BCUT2D eigenvalue weighted by Crippen LogP contribution is 2.25. The highest BCUT2D eigenvalue weighted by Gasteiger charge is 2.39. The maximum Gasteiger partial charge on any atom is 0.265 e. The first-order valence-electron chi connectivity index (χ1n) is 8.40. The topological polar surface area (TPSA) is 87.7 Å². The number of carbonyl (C=O) groups is 3. The molecule has 1 atom stereocenters. The van der Waals surface area contributed by atoms with Crippen LogP contribution in [0.3, 0.4) is 0 Å². The van der Waals surface area contributed by atoms with Crippen LogP contribution in [-0.2, 0) is 9.59 Å². The van der Waals surface area contributed by atoms with Gasteiger partial charge in [-0.15, -0.1) is 0 Å². The largest absolute Gasteiger partial charge is 0.494 e. The monoisotopic (exact) mass is 479 g/mol. The lowest BCUT2D eigenvalue weighted by Gasteiger charge is -2.16. The summed E-state index contributed by atoms with van der Waals surface area (Å²) in [5.41, 5.74) is 6.10. The molecule has 3 rings (SSSR count). The van der Waals surface area contributed by atoms with Gasteiger partial charge in [-0.25, -0.2) is 10.3 Å². The summed E-state index contributed by atoms with van der Waals surface area (Å²) in [4.78, 5) is 38.1. The summed E-state index contributed by atoms with van der Waals surface area (Å²) in [5.74, 6) is -0.441. The van der Waals surface area contributed by atoms with Crippen LogP contribution in [0.4, 0.5) is 5.69 Å². The van der Waals surface area contributed by atoms with Crippen molar-refractivity contribution in [3.8, 4) is 5.75 Å². The third-order valence-corrected chi connectivity index (χ3v) is 4.74. The molecule has 1 aliphatic rings. The standard InChI is InChI=1S/C19H18IN3O4/c1-2-27-15-9-7-14(8-10-15)23-17(24)11-16(19(23)26)21-22-18(25)12-3-5-13(20)6-4-12/h3-10,16,21H,2,11H2,1H3,(H,22,25). The fourth-order valence-electron chi connectivity index (χ4n) is 2.70. The van der Waals surface area contributed by atoms with E-state index in [1.54, 1.807) is 36.4 Å². The molecule has 0 radical (unpaired) electrons. The molecule has 3 amide bonds. The van der Waals surface area contributed by atoms with Crippen molar-refractivity contribution in [1.82, 2.24) is 10.9 Å². The smallest absolute Gasteiger partial charge is 0.265 e. The number of rotatable bonds is 6. The van der Waals surface area contributed by atoms with Gasteiger partial charge in [0.25, 0.3) is 11.8 Å². The van der Waals surface area contributed by atoms with Crippen LogP contribution in [0, 0.1) is 3.57 Å². The molecule has 0 saturated carbocycles. The van der Waals surface area contributed by atoms with E-state index in [2.05, 4.69) is 33.4 Å². The number of nitrogens with zero attached hydrogens (tertiary/aromatic N) is 1. The number of carbonyl (C=O) groups excluding carboxylic acids is 3. The van der Waals surface area contributed by atoms with E-state index in [4.69, 9.17) is 4.74 Å². The van der Waals surface area contributed by atoms with Crippen molar-refractivity contribution in [2.45, 2.75) is 19.4 Å². The van der Waals surface area contributed by atoms with E-state index in [-0.39, 0.29) is 18.2 Å². The zero-order valence-corrected chi connectivity index (χ0v) is 16.7. The van der Waals surface area contributed by atoms with E-state index in [1.165, 1.54) is 0 Å². The van der Waals surface area contributed by atoms with Crippen LogP contribution < -0.4 is 20.5 Å². The maximum atomic E-state index is 12.6. The number of benzene rings is 2. The molecule has 1 heterocycles. The predicted octanol–water partition coefficient (Wildman–Crippen LogP) is 2.26. The number of halogens is 1. The van der Waals surface area contributed by atoms with Gasteiger partial charge in [0.15, 0.2) is 0 Å². The van der Waals surface area contributed by atoms with Gasteiger partial charge in [0.05, 0.1) is 18.7 Å². The van der Waals surface area contributed by atoms with Crippen LogP contribution in [0.1, 0.15) is 23.7 Å². The van der Waals surface area contributed by atoms with E-state index in [0.29, 0.717) is 23.6 Å². The van der Waals surface area contributed by atoms with Crippen molar-refractivity contribution >= 4 is 46.0 Å². The summed E-state index contributed by atoms with van der Waals surface area (Å²) < 4.78 is 6.38. The Morgan fingerprint density at radius 2 is 1.81 bits per heavy atom. The van der Waals surface area contributed by atoms with Crippen molar-refractivity contribution in [2.24, 2.45) is 0 Å². The van der Waals surface area contributed by atoms with Crippen molar-refractivity contribution in [2.75, 3.05) is 11.5 Å². The third-order valence-electron chi connectivity index (χ3n) is 4.02.